The lowest BCUT2D eigenvalue weighted by molar-refractivity contribution is -0.121. The maximum absolute atomic E-state index is 12.0. The lowest BCUT2D eigenvalue weighted by Crippen LogP contribution is -2.24. The Morgan fingerprint density at radius 2 is 1.92 bits per heavy atom. The monoisotopic (exact) mass is 331 g/mol. The van der Waals surface area contributed by atoms with Gasteiger partial charge >= 0.3 is 0 Å². The molecule has 0 fully saturated rings. The van der Waals surface area contributed by atoms with E-state index < -0.39 is 0 Å². The summed E-state index contributed by atoms with van der Waals surface area (Å²) in [5.41, 5.74) is 2.03. The third-order valence-electron chi connectivity index (χ3n) is 3.58. The van der Waals surface area contributed by atoms with E-state index in [0.29, 0.717) is 38.5 Å². The van der Waals surface area contributed by atoms with E-state index in [4.69, 9.17) is 9.47 Å². The van der Waals surface area contributed by atoms with Gasteiger partial charge in [0.15, 0.2) is 11.5 Å². The summed E-state index contributed by atoms with van der Waals surface area (Å²) in [6.45, 7) is 8.04. The Labute approximate surface area is 142 Å². The molecule has 1 heterocycles. The van der Waals surface area contributed by atoms with Gasteiger partial charge in [0.1, 0.15) is 0 Å². The van der Waals surface area contributed by atoms with E-state index in [9.17, 15) is 4.79 Å². The van der Waals surface area contributed by atoms with E-state index in [-0.39, 0.29) is 5.91 Å². The normalized spacial score (nSPS) is 10.5. The molecule has 0 unspecified atom stereocenters. The summed E-state index contributed by atoms with van der Waals surface area (Å²) in [6.07, 6.45) is 2.14. The fourth-order valence-corrected chi connectivity index (χ4v) is 2.33. The van der Waals surface area contributed by atoms with Crippen molar-refractivity contribution in [2.45, 2.75) is 40.3 Å². The van der Waals surface area contributed by atoms with Crippen molar-refractivity contribution < 1.29 is 14.3 Å². The van der Waals surface area contributed by atoms with E-state index in [1.54, 1.807) is 6.20 Å². The molecule has 1 aromatic heterocycles. The van der Waals surface area contributed by atoms with Crippen LogP contribution in [0.5, 0.6) is 11.5 Å². The quantitative estimate of drug-likeness (QED) is 0.767. The molecule has 2 rings (SSSR count). The van der Waals surface area contributed by atoms with Crippen LogP contribution >= 0.6 is 0 Å². The molecule has 2 aromatic rings. The molecule has 0 aliphatic carbocycles. The van der Waals surface area contributed by atoms with Gasteiger partial charge in [-0.05, 0) is 44.5 Å². The molecule has 0 spiro atoms. The number of ether oxygens (including phenoxy) is 2. The number of aromatic nitrogens is 2. The van der Waals surface area contributed by atoms with Crippen LogP contribution in [0.15, 0.2) is 30.5 Å². The minimum absolute atomic E-state index is 0.00301. The van der Waals surface area contributed by atoms with Crippen LogP contribution in [0.1, 0.15) is 31.5 Å². The second-order valence-corrected chi connectivity index (χ2v) is 5.37. The van der Waals surface area contributed by atoms with Crippen molar-refractivity contribution in [1.29, 1.82) is 0 Å². The number of carbonyl (C=O) groups is 1. The molecule has 6 heteroatoms. The van der Waals surface area contributed by atoms with Crippen LogP contribution in [-0.2, 0) is 17.9 Å². The first-order valence-electron chi connectivity index (χ1n) is 8.27. The molecule has 0 aliphatic heterocycles. The number of hydrogen-bond donors (Lipinski definition) is 1. The zero-order chi connectivity index (χ0) is 17.4. The Morgan fingerprint density at radius 1 is 1.17 bits per heavy atom. The maximum atomic E-state index is 12.0. The van der Waals surface area contributed by atoms with Crippen LogP contribution in [0.4, 0.5) is 0 Å². The van der Waals surface area contributed by atoms with Gasteiger partial charge in [-0.25, -0.2) is 0 Å². The molecule has 0 bridgehead atoms. The van der Waals surface area contributed by atoms with E-state index in [1.165, 1.54) is 0 Å². The minimum Gasteiger partial charge on any atom is -0.490 e. The molecule has 6 nitrogen and oxygen atoms in total. The van der Waals surface area contributed by atoms with Gasteiger partial charge in [0.2, 0.25) is 5.91 Å². The van der Waals surface area contributed by atoms with Gasteiger partial charge in [-0.2, -0.15) is 5.10 Å². The van der Waals surface area contributed by atoms with Gasteiger partial charge in [0.25, 0.3) is 0 Å². The smallest absolute Gasteiger partial charge is 0.222 e. The van der Waals surface area contributed by atoms with E-state index in [0.717, 1.165) is 17.0 Å². The first-order valence-corrected chi connectivity index (χ1v) is 8.27. The number of nitrogens with one attached hydrogen (secondary N) is 1. The predicted octanol–water partition coefficient (Wildman–Crippen LogP) is 2.70. The van der Waals surface area contributed by atoms with Crippen molar-refractivity contribution in [3.63, 3.8) is 0 Å². The SMILES string of the molecule is CCOc1ccc(CNC(=O)CCn2nccc2C)cc1OCC. The summed E-state index contributed by atoms with van der Waals surface area (Å²) in [6, 6.07) is 7.65. The second-order valence-electron chi connectivity index (χ2n) is 5.37. The van der Waals surface area contributed by atoms with Crippen LogP contribution < -0.4 is 14.8 Å². The highest BCUT2D eigenvalue weighted by molar-refractivity contribution is 5.75. The third-order valence-corrected chi connectivity index (χ3v) is 3.58. The molecular weight excluding hydrogens is 306 g/mol. The average molecular weight is 331 g/mol. The van der Waals surface area contributed by atoms with Crippen LogP contribution in [0.3, 0.4) is 0 Å². The van der Waals surface area contributed by atoms with E-state index in [1.807, 2.05) is 49.7 Å². The molecule has 0 saturated carbocycles. The van der Waals surface area contributed by atoms with Crippen molar-refractivity contribution in [3.8, 4) is 11.5 Å². The first kappa shape index (κ1) is 17.8. The summed E-state index contributed by atoms with van der Waals surface area (Å²) in [7, 11) is 0. The molecule has 0 radical (unpaired) electrons. The molecule has 0 aliphatic rings. The fourth-order valence-electron chi connectivity index (χ4n) is 2.33. The molecule has 1 N–H and O–H groups in total. The number of benzene rings is 1. The highest BCUT2D eigenvalue weighted by Crippen LogP contribution is 2.28. The Balaban J connectivity index is 1.87. The zero-order valence-corrected chi connectivity index (χ0v) is 14.5. The van der Waals surface area contributed by atoms with Crippen molar-refractivity contribution in [1.82, 2.24) is 15.1 Å². The fraction of sp³-hybridized carbons (Fsp3) is 0.444. The molecule has 130 valence electrons. The summed E-state index contributed by atoms with van der Waals surface area (Å²) in [4.78, 5) is 12.0. The van der Waals surface area contributed by atoms with Gasteiger partial charge < -0.3 is 14.8 Å². The lowest BCUT2D eigenvalue weighted by Gasteiger charge is -2.13. The van der Waals surface area contributed by atoms with Crippen molar-refractivity contribution >= 4 is 5.91 Å². The summed E-state index contributed by atoms with van der Waals surface area (Å²) < 4.78 is 13.0. The van der Waals surface area contributed by atoms with E-state index >= 15 is 0 Å². The molecular formula is C18H25N3O3. The average Bonchev–Trinajstić information content (AvgIpc) is 2.98. The third kappa shape index (κ3) is 5.01. The van der Waals surface area contributed by atoms with Gasteiger partial charge in [-0.1, -0.05) is 6.07 Å². The largest absolute Gasteiger partial charge is 0.490 e. The number of aryl methyl sites for hydroxylation is 2. The second kappa shape index (κ2) is 8.96. The standard InChI is InChI=1S/C18H25N3O3/c1-4-23-16-7-6-15(12-17(16)24-5-2)13-19-18(22)9-11-21-14(3)8-10-20-21/h6-8,10,12H,4-5,9,11,13H2,1-3H3,(H,19,22). The molecule has 24 heavy (non-hydrogen) atoms. The lowest BCUT2D eigenvalue weighted by atomic mass is 10.2. The Morgan fingerprint density at radius 3 is 2.58 bits per heavy atom. The Hall–Kier alpha value is -2.50. The van der Waals surface area contributed by atoms with Crippen LogP contribution in [-0.4, -0.2) is 28.9 Å². The Bertz CT molecular complexity index is 667. The van der Waals surface area contributed by atoms with Gasteiger partial charge in [0, 0.05) is 31.4 Å². The van der Waals surface area contributed by atoms with Crippen molar-refractivity contribution in [2.75, 3.05) is 13.2 Å². The molecule has 1 aromatic carbocycles. The number of nitrogens with zero attached hydrogens (tertiary/aromatic N) is 2. The van der Waals surface area contributed by atoms with Gasteiger partial charge in [-0.15, -0.1) is 0 Å². The number of carbonyl (C=O) groups excluding carboxylic acids is 1. The maximum Gasteiger partial charge on any atom is 0.222 e. The highest BCUT2D eigenvalue weighted by atomic mass is 16.5. The van der Waals surface area contributed by atoms with Crippen LogP contribution in [0.25, 0.3) is 0 Å². The van der Waals surface area contributed by atoms with Gasteiger partial charge in [0.05, 0.1) is 13.2 Å². The van der Waals surface area contributed by atoms with Gasteiger partial charge in [-0.3, -0.25) is 9.48 Å². The molecule has 0 saturated heterocycles. The first-order chi connectivity index (χ1) is 11.6. The predicted molar refractivity (Wildman–Crippen MR) is 92.2 cm³/mol. The zero-order valence-electron chi connectivity index (χ0n) is 14.5. The summed E-state index contributed by atoms with van der Waals surface area (Å²) in [5, 5.41) is 7.10. The summed E-state index contributed by atoms with van der Waals surface area (Å²) >= 11 is 0. The Kier molecular flexibility index (Phi) is 6.66. The summed E-state index contributed by atoms with van der Waals surface area (Å²) in [5.74, 6) is 1.43. The number of rotatable bonds is 9. The topological polar surface area (TPSA) is 65.4 Å². The molecule has 0 atom stereocenters. The molecule has 1 amide bonds. The minimum atomic E-state index is -0.00301. The van der Waals surface area contributed by atoms with Crippen LogP contribution in [0.2, 0.25) is 0 Å². The number of amides is 1. The highest BCUT2D eigenvalue weighted by Gasteiger charge is 2.08. The number of hydrogen-bond acceptors (Lipinski definition) is 4. The van der Waals surface area contributed by atoms with Crippen molar-refractivity contribution in [3.05, 3.63) is 41.7 Å². The van der Waals surface area contributed by atoms with E-state index in [2.05, 4.69) is 10.4 Å². The van der Waals surface area contributed by atoms with Crippen LogP contribution in [0, 0.1) is 6.92 Å². The van der Waals surface area contributed by atoms with Crippen molar-refractivity contribution in [2.24, 2.45) is 0 Å².